The van der Waals surface area contributed by atoms with Gasteiger partial charge in [0.1, 0.15) is 17.8 Å². The number of aromatic nitrogens is 3. The average Bonchev–Trinajstić information content (AvgIpc) is 3.07. The maximum Gasteiger partial charge on any atom is 0.143 e. The highest BCUT2D eigenvalue weighted by Crippen LogP contribution is 2.30. The molecule has 0 saturated heterocycles. The molecule has 0 bridgehead atoms. The van der Waals surface area contributed by atoms with Crippen LogP contribution in [0.15, 0.2) is 60.9 Å². The van der Waals surface area contributed by atoms with Gasteiger partial charge in [0.2, 0.25) is 0 Å². The van der Waals surface area contributed by atoms with Crippen molar-refractivity contribution in [3.8, 4) is 11.3 Å². The van der Waals surface area contributed by atoms with Gasteiger partial charge in [-0.15, -0.1) is 0 Å². The maximum atomic E-state index is 6.07. The number of fused-ring (bicyclic) bond motifs is 1. The summed E-state index contributed by atoms with van der Waals surface area (Å²) in [5.74, 6) is 0.739. The number of benzene rings is 2. The van der Waals surface area contributed by atoms with Crippen molar-refractivity contribution >= 4 is 39.8 Å². The smallest absolute Gasteiger partial charge is 0.143 e. The van der Waals surface area contributed by atoms with Crippen LogP contribution in [0.2, 0.25) is 5.02 Å². The topological polar surface area (TPSA) is 56.8 Å². The summed E-state index contributed by atoms with van der Waals surface area (Å²) in [5, 5.41) is 4.92. The molecule has 0 fully saturated rings. The maximum absolute atomic E-state index is 6.07. The van der Waals surface area contributed by atoms with Crippen LogP contribution in [0.4, 0.5) is 17.2 Å². The van der Waals surface area contributed by atoms with Gasteiger partial charge in [-0.2, -0.15) is 0 Å². The minimum Gasteiger partial charge on any atom is -0.378 e. The van der Waals surface area contributed by atoms with Crippen LogP contribution < -0.4 is 10.2 Å². The first-order chi connectivity index (χ1) is 12.6. The number of halogens is 1. The normalized spacial score (nSPS) is 10.9. The van der Waals surface area contributed by atoms with Crippen molar-refractivity contribution in [1.29, 1.82) is 0 Å². The molecule has 0 aliphatic heterocycles. The number of aromatic amines is 1. The Labute approximate surface area is 156 Å². The van der Waals surface area contributed by atoms with E-state index in [1.165, 1.54) is 0 Å². The van der Waals surface area contributed by atoms with Gasteiger partial charge in [-0.3, -0.25) is 0 Å². The molecule has 6 heteroatoms. The molecular formula is C20H18ClN5. The molecule has 2 aromatic carbocycles. The first-order valence-electron chi connectivity index (χ1n) is 8.24. The predicted molar refractivity (Wildman–Crippen MR) is 108 cm³/mol. The van der Waals surface area contributed by atoms with Gasteiger partial charge < -0.3 is 15.2 Å². The van der Waals surface area contributed by atoms with E-state index >= 15 is 0 Å². The molecule has 130 valence electrons. The predicted octanol–water partition coefficient (Wildman–Crippen LogP) is 5.09. The van der Waals surface area contributed by atoms with E-state index in [2.05, 4.69) is 49.4 Å². The molecule has 4 aromatic rings. The summed E-state index contributed by atoms with van der Waals surface area (Å²) in [6.45, 7) is 0. The molecule has 5 nitrogen and oxygen atoms in total. The van der Waals surface area contributed by atoms with Crippen LogP contribution >= 0.6 is 11.6 Å². The number of H-pyrrole nitrogens is 1. The van der Waals surface area contributed by atoms with E-state index in [1.807, 2.05) is 44.4 Å². The zero-order valence-corrected chi connectivity index (χ0v) is 15.2. The summed E-state index contributed by atoms with van der Waals surface area (Å²) in [7, 11) is 4.06. The van der Waals surface area contributed by atoms with Crippen molar-refractivity contribution in [2.75, 3.05) is 24.3 Å². The molecule has 0 amide bonds. The fourth-order valence-corrected chi connectivity index (χ4v) is 3.04. The Morgan fingerprint density at radius 1 is 1.00 bits per heavy atom. The van der Waals surface area contributed by atoms with Gasteiger partial charge in [-0.1, -0.05) is 29.8 Å². The first kappa shape index (κ1) is 16.4. The summed E-state index contributed by atoms with van der Waals surface area (Å²) >= 11 is 6.07. The highest BCUT2D eigenvalue weighted by molar-refractivity contribution is 6.30. The molecule has 0 radical (unpaired) electrons. The Morgan fingerprint density at radius 2 is 1.85 bits per heavy atom. The zero-order chi connectivity index (χ0) is 18.1. The van der Waals surface area contributed by atoms with Crippen LogP contribution in [-0.2, 0) is 0 Å². The van der Waals surface area contributed by atoms with Crippen LogP contribution in [0.25, 0.3) is 22.3 Å². The van der Waals surface area contributed by atoms with Crippen molar-refractivity contribution in [3.05, 3.63) is 65.9 Å². The van der Waals surface area contributed by atoms with Crippen molar-refractivity contribution in [2.45, 2.75) is 0 Å². The van der Waals surface area contributed by atoms with E-state index in [0.29, 0.717) is 5.02 Å². The molecule has 0 unspecified atom stereocenters. The molecule has 0 atom stereocenters. The zero-order valence-electron chi connectivity index (χ0n) is 14.5. The Kier molecular flexibility index (Phi) is 4.22. The summed E-state index contributed by atoms with van der Waals surface area (Å²) in [6, 6.07) is 18.0. The second-order valence-electron chi connectivity index (χ2n) is 6.25. The third-order valence-corrected chi connectivity index (χ3v) is 4.42. The number of nitrogens with zero attached hydrogens (tertiary/aromatic N) is 3. The lowest BCUT2D eigenvalue weighted by Gasteiger charge is -2.13. The van der Waals surface area contributed by atoms with Gasteiger partial charge in [-0.25, -0.2) is 9.97 Å². The van der Waals surface area contributed by atoms with Crippen LogP contribution in [0, 0.1) is 0 Å². The minimum absolute atomic E-state index is 0.676. The van der Waals surface area contributed by atoms with Crippen molar-refractivity contribution in [3.63, 3.8) is 0 Å². The molecule has 2 heterocycles. The molecule has 0 saturated carbocycles. The third kappa shape index (κ3) is 3.21. The quantitative estimate of drug-likeness (QED) is 0.530. The van der Waals surface area contributed by atoms with Gasteiger partial charge in [0.05, 0.1) is 5.39 Å². The number of hydrogen-bond acceptors (Lipinski definition) is 4. The highest BCUT2D eigenvalue weighted by Gasteiger charge is 2.10. The van der Waals surface area contributed by atoms with Gasteiger partial charge in [-0.05, 0) is 36.4 Å². The van der Waals surface area contributed by atoms with Crippen LogP contribution in [0.3, 0.4) is 0 Å². The average molecular weight is 364 g/mol. The molecule has 26 heavy (non-hydrogen) atoms. The van der Waals surface area contributed by atoms with E-state index in [0.717, 1.165) is 39.5 Å². The Hall–Kier alpha value is -3.05. The monoisotopic (exact) mass is 363 g/mol. The van der Waals surface area contributed by atoms with Crippen LogP contribution in [-0.4, -0.2) is 29.0 Å². The van der Waals surface area contributed by atoms with Gasteiger partial charge in [0, 0.05) is 41.8 Å². The van der Waals surface area contributed by atoms with Crippen LogP contribution in [0.5, 0.6) is 0 Å². The summed E-state index contributed by atoms with van der Waals surface area (Å²) in [4.78, 5) is 14.2. The molecule has 2 N–H and O–H groups in total. The minimum atomic E-state index is 0.676. The molecule has 0 aliphatic rings. The van der Waals surface area contributed by atoms with Crippen molar-refractivity contribution in [1.82, 2.24) is 15.0 Å². The third-order valence-electron chi connectivity index (χ3n) is 4.19. The van der Waals surface area contributed by atoms with Gasteiger partial charge >= 0.3 is 0 Å². The molecule has 0 spiro atoms. The van der Waals surface area contributed by atoms with Gasteiger partial charge in [0.25, 0.3) is 0 Å². The number of rotatable bonds is 4. The second kappa shape index (κ2) is 6.69. The lowest BCUT2D eigenvalue weighted by Crippen LogP contribution is -2.08. The lowest BCUT2D eigenvalue weighted by molar-refractivity contribution is 1.13. The molecule has 0 aliphatic carbocycles. The lowest BCUT2D eigenvalue weighted by atomic mass is 10.1. The number of hydrogen-bond donors (Lipinski definition) is 2. The van der Waals surface area contributed by atoms with E-state index in [4.69, 9.17) is 11.6 Å². The fourth-order valence-electron chi connectivity index (χ4n) is 2.85. The van der Waals surface area contributed by atoms with Crippen molar-refractivity contribution < 1.29 is 0 Å². The highest BCUT2D eigenvalue weighted by atomic mass is 35.5. The Bertz CT molecular complexity index is 1070. The summed E-state index contributed by atoms with van der Waals surface area (Å²) in [5.41, 5.74) is 4.91. The largest absolute Gasteiger partial charge is 0.378 e. The fraction of sp³-hybridized carbons (Fsp3) is 0.100. The standard InChI is InChI=1S/C20H18ClN5/c1-26(2)16-8-3-5-13(9-16)18-11-17-19(22-12-23-20(17)25-18)24-15-7-4-6-14(21)10-15/h3-12H,1-2H3,(H2,22,23,24,25). The number of anilines is 3. The second-order valence-corrected chi connectivity index (χ2v) is 6.68. The van der Waals surface area contributed by atoms with E-state index in [-0.39, 0.29) is 0 Å². The van der Waals surface area contributed by atoms with E-state index < -0.39 is 0 Å². The van der Waals surface area contributed by atoms with Crippen LogP contribution in [0.1, 0.15) is 0 Å². The molecule has 4 rings (SSSR count). The molecular weight excluding hydrogens is 346 g/mol. The molecule has 2 aromatic heterocycles. The van der Waals surface area contributed by atoms with E-state index in [1.54, 1.807) is 6.33 Å². The first-order valence-corrected chi connectivity index (χ1v) is 8.62. The van der Waals surface area contributed by atoms with E-state index in [9.17, 15) is 0 Å². The summed E-state index contributed by atoms with van der Waals surface area (Å²) in [6.07, 6.45) is 1.55. The Balaban J connectivity index is 1.75. The SMILES string of the molecule is CN(C)c1cccc(-c2cc3c(Nc4cccc(Cl)c4)ncnc3[nH]2)c1. The van der Waals surface area contributed by atoms with Crippen molar-refractivity contribution in [2.24, 2.45) is 0 Å². The van der Waals surface area contributed by atoms with Gasteiger partial charge in [0.15, 0.2) is 0 Å². The number of nitrogens with one attached hydrogen (secondary N) is 2. The Morgan fingerprint density at radius 3 is 2.65 bits per heavy atom. The summed E-state index contributed by atoms with van der Waals surface area (Å²) < 4.78 is 0.